The third kappa shape index (κ3) is 5.53. The number of hydrogen-bond donors (Lipinski definition) is 2. The first-order valence-electron chi connectivity index (χ1n) is 8.05. The topological polar surface area (TPSA) is 116 Å². The van der Waals surface area contributed by atoms with Crippen LogP contribution in [0.25, 0.3) is 0 Å². The summed E-state index contributed by atoms with van der Waals surface area (Å²) in [7, 11) is -3.80. The van der Waals surface area contributed by atoms with Crippen LogP contribution in [-0.4, -0.2) is 26.2 Å². The predicted octanol–water partition coefficient (Wildman–Crippen LogP) is 2.99. The second kappa shape index (κ2) is 8.51. The molecular weight excluding hydrogens is 392 g/mol. The summed E-state index contributed by atoms with van der Waals surface area (Å²) in [5, 5.41) is 8.03. The molecule has 1 amide bonds. The molecule has 0 fully saturated rings. The Morgan fingerprint density at radius 2 is 1.81 bits per heavy atom. The van der Waals surface area contributed by atoms with Crippen LogP contribution in [0.2, 0.25) is 5.02 Å². The third-order valence-corrected chi connectivity index (χ3v) is 4.85. The van der Waals surface area contributed by atoms with E-state index in [1.54, 1.807) is 13.0 Å². The molecule has 2 rings (SSSR count). The molecule has 0 aliphatic heterocycles. The Labute approximate surface area is 162 Å². The van der Waals surface area contributed by atoms with Crippen LogP contribution < -0.4 is 15.2 Å². The number of nitrogens with two attached hydrogens (primary N) is 1. The molecule has 1 atom stereocenters. The summed E-state index contributed by atoms with van der Waals surface area (Å²) in [6.07, 6.45) is -0.638. The maximum atomic E-state index is 12.3. The number of Topliss-reactive ketones (excluding diaryl/α,β-unsaturated/α-hetero) is 1. The molecule has 3 N–H and O–H groups in total. The fourth-order valence-corrected chi connectivity index (χ4v) is 2.92. The number of ketones is 1. The summed E-state index contributed by atoms with van der Waals surface area (Å²) < 4.78 is 28.1. The molecule has 0 saturated carbocycles. The smallest absolute Gasteiger partial charge is 0.265 e. The number of amides is 1. The number of benzene rings is 2. The Morgan fingerprint density at radius 1 is 1.19 bits per heavy atom. The summed E-state index contributed by atoms with van der Waals surface area (Å²) in [4.78, 5) is 24.3. The minimum Gasteiger partial charge on any atom is -0.480 e. The average molecular weight is 411 g/mol. The maximum absolute atomic E-state index is 12.3. The molecule has 2 aromatic carbocycles. The maximum Gasteiger partial charge on any atom is 0.265 e. The lowest BCUT2D eigenvalue weighted by atomic mass is 10.1. The van der Waals surface area contributed by atoms with Crippen molar-refractivity contribution >= 4 is 39.0 Å². The first kappa shape index (κ1) is 20.9. The predicted molar refractivity (Wildman–Crippen MR) is 103 cm³/mol. The first-order valence-corrected chi connectivity index (χ1v) is 9.97. The fourth-order valence-electron chi connectivity index (χ4n) is 2.23. The Morgan fingerprint density at radius 3 is 2.37 bits per heavy atom. The van der Waals surface area contributed by atoms with Crippen LogP contribution in [0.3, 0.4) is 0 Å². The van der Waals surface area contributed by atoms with E-state index in [0.29, 0.717) is 16.3 Å². The van der Waals surface area contributed by atoms with Crippen LogP contribution in [0.1, 0.15) is 30.6 Å². The average Bonchev–Trinajstić information content (AvgIpc) is 2.62. The molecule has 7 nitrogen and oxygen atoms in total. The number of sulfonamides is 1. The highest BCUT2D eigenvalue weighted by Gasteiger charge is 2.19. The van der Waals surface area contributed by atoms with E-state index < -0.39 is 22.0 Å². The highest BCUT2D eigenvalue weighted by atomic mass is 35.5. The van der Waals surface area contributed by atoms with Crippen molar-refractivity contribution in [3.8, 4) is 5.75 Å². The third-order valence-electron chi connectivity index (χ3n) is 3.69. The SMILES string of the molecule is CCC(=O)c1cc(Cl)ccc1OC(C)C(=O)Nc1ccc(S(N)(=O)=O)cc1. The van der Waals surface area contributed by atoms with Crippen molar-refractivity contribution in [3.63, 3.8) is 0 Å². The van der Waals surface area contributed by atoms with Gasteiger partial charge in [0.2, 0.25) is 10.0 Å². The molecule has 0 radical (unpaired) electrons. The number of anilines is 1. The number of carbonyl (C=O) groups excluding carboxylic acids is 2. The minimum absolute atomic E-state index is 0.0614. The van der Waals surface area contributed by atoms with E-state index >= 15 is 0 Å². The molecule has 0 aromatic heterocycles. The monoisotopic (exact) mass is 410 g/mol. The van der Waals surface area contributed by atoms with Crippen LogP contribution in [0.4, 0.5) is 5.69 Å². The molecule has 0 aliphatic rings. The Bertz CT molecular complexity index is 958. The minimum atomic E-state index is -3.80. The summed E-state index contributed by atoms with van der Waals surface area (Å²) in [5.74, 6) is -0.361. The van der Waals surface area contributed by atoms with E-state index in [0.717, 1.165) is 0 Å². The lowest BCUT2D eigenvalue weighted by molar-refractivity contribution is -0.122. The van der Waals surface area contributed by atoms with E-state index in [1.165, 1.54) is 43.3 Å². The number of rotatable bonds is 7. The van der Waals surface area contributed by atoms with E-state index in [1.807, 2.05) is 0 Å². The van der Waals surface area contributed by atoms with Gasteiger partial charge in [0.15, 0.2) is 11.9 Å². The van der Waals surface area contributed by atoms with Crippen molar-refractivity contribution in [1.29, 1.82) is 0 Å². The van der Waals surface area contributed by atoms with E-state index in [9.17, 15) is 18.0 Å². The van der Waals surface area contributed by atoms with Crippen molar-refractivity contribution in [3.05, 3.63) is 53.1 Å². The van der Waals surface area contributed by atoms with Gasteiger partial charge in [0.05, 0.1) is 10.5 Å². The molecule has 0 bridgehead atoms. The molecule has 1 unspecified atom stereocenters. The Hall–Kier alpha value is -2.42. The van der Waals surface area contributed by atoms with Gasteiger partial charge in [0, 0.05) is 17.1 Å². The molecular formula is C18H19ClN2O5S. The van der Waals surface area contributed by atoms with Gasteiger partial charge in [-0.3, -0.25) is 9.59 Å². The molecule has 0 heterocycles. The van der Waals surface area contributed by atoms with Crippen LogP contribution in [-0.2, 0) is 14.8 Å². The largest absolute Gasteiger partial charge is 0.480 e. The van der Waals surface area contributed by atoms with Gasteiger partial charge in [-0.05, 0) is 49.4 Å². The summed E-state index contributed by atoms with van der Waals surface area (Å²) in [6.45, 7) is 3.25. The highest BCUT2D eigenvalue weighted by Crippen LogP contribution is 2.25. The van der Waals surface area contributed by atoms with Gasteiger partial charge in [0.1, 0.15) is 5.75 Å². The molecule has 0 saturated heterocycles. The number of carbonyl (C=O) groups is 2. The number of ether oxygens (including phenoxy) is 1. The van der Waals surface area contributed by atoms with Crippen LogP contribution >= 0.6 is 11.6 Å². The molecule has 2 aromatic rings. The Kier molecular flexibility index (Phi) is 6.59. The van der Waals surface area contributed by atoms with Crippen molar-refractivity contribution in [2.24, 2.45) is 5.14 Å². The second-order valence-electron chi connectivity index (χ2n) is 5.74. The fraction of sp³-hybridized carbons (Fsp3) is 0.222. The molecule has 0 spiro atoms. The van der Waals surface area contributed by atoms with Crippen molar-refractivity contribution in [1.82, 2.24) is 0 Å². The van der Waals surface area contributed by atoms with Gasteiger partial charge in [-0.25, -0.2) is 13.6 Å². The van der Waals surface area contributed by atoms with Gasteiger partial charge >= 0.3 is 0 Å². The molecule has 144 valence electrons. The van der Waals surface area contributed by atoms with Gasteiger partial charge in [0.25, 0.3) is 5.91 Å². The standard InChI is InChI=1S/C18H19ClN2O5S/c1-3-16(22)15-10-12(19)4-9-17(15)26-11(2)18(23)21-13-5-7-14(8-6-13)27(20,24)25/h4-11H,3H2,1-2H3,(H,21,23)(H2,20,24,25). The quantitative estimate of drug-likeness (QED) is 0.680. The van der Waals surface area contributed by atoms with Gasteiger partial charge < -0.3 is 10.1 Å². The lowest BCUT2D eigenvalue weighted by Gasteiger charge is -2.17. The van der Waals surface area contributed by atoms with Crippen LogP contribution in [0.15, 0.2) is 47.4 Å². The molecule has 9 heteroatoms. The molecule has 0 aliphatic carbocycles. The van der Waals surface area contributed by atoms with Crippen LogP contribution in [0.5, 0.6) is 5.75 Å². The van der Waals surface area contributed by atoms with Crippen LogP contribution in [0, 0.1) is 0 Å². The van der Waals surface area contributed by atoms with E-state index in [4.69, 9.17) is 21.5 Å². The van der Waals surface area contributed by atoms with Gasteiger partial charge in [-0.2, -0.15) is 0 Å². The number of primary sulfonamides is 1. The highest BCUT2D eigenvalue weighted by molar-refractivity contribution is 7.89. The number of nitrogens with one attached hydrogen (secondary N) is 1. The lowest BCUT2D eigenvalue weighted by Crippen LogP contribution is -2.30. The number of halogens is 1. The number of hydrogen-bond acceptors (Lipinski definition) is 5. The van der Waals surface area contributed by atoms with Crippen molar-refractivity contribution < 1.29 is 22.7 Å². The van der Waals surface area contributed by atoms with Gasteiger partial charge in [-0.15, -0.1) is 0 Å². The zero-order chi connectivity index (χ0) is 20.2. The zero-order valence-corrected chi connectivity index (χ0v) is 16.3. The zero-order valence-electron chi connectivity index (χ0n) is 14.7. The second-order valence-corrected chi connectivity index (χ2v) is 7.73. The van der Waals surface area contributed by atoms with Crippen molar-refractivity contribution in [2.45, 2.75) is 31.3 Å². The normalized spacial score (nSPS) is 12.3. The van der Waals surface area contributed by atoms with Gasteiger partial charge in [-0.1, -0.05) is 18.5 Å². The Balaban J connectivity index is 2.11. The summed E-state index contributed by atoms with van der Waals surface area (Å²) in [5.41, 5.74) is 0.686. The summed E-state index contributed by atoms with van der Waals surface area (Å²) >= 11 is 5.93. The van der Waals surface area contributed by atoms with E-state index in [-0.39, 0.29) is 22.8 Å². The summed E-state index contributed by atoms with van der Waals surface area (Å²) in [6, 6.07) is 10.0. The molecule has 27 heavy (non-hydrogen) atoms. The first-order chi connectivity index (χ1) is 12.6. The van der Waals surface area contributed by atoms with Crippen molar-refractivity contribution in [2.75, 3.05) is 5.32 Å². The van der Waals surface area contributed by atoms with E-state index in [2.05, 4.69) is 5.32 Å².